The van der Waals surface area contributed by atoms with Crippen LogP contribution in [0.3, 0.4) is 0 Å². The van der Waals surface area contributed by atoms with Gasteiger partial charge in [0, 0.05) is 12.7 Å². The molecule has 14 heavy (non-hydrogen) atoms. The maximum atomic E-state index is 11.8. The number of nitrogens with two attached hydrogens (primary N) is 2. The molecular weight excluding hydrogens is 187 g/mol. The third kappa shape index (κ3) is 2.45. The van der Waals surface area contributed by atoms with Crippen molar-refractivity contribution in [2.45, 2.75) is 19.4 Å². The Hall–Kier alpha value is -1.59. The number of unbranched alkanes of at least 4 members (excludes halogenated alkanes) is 1. The first-order valence-electron chi connectivity index (χ1n) is 4.34. The summed E-state index contributed by atoms with van der Waals surface area (Å²) in [5, 5.41) is 3.88. The van der Waals surface area contributed by atoms with Gasteiger partial charge in [-0.1, -0.05) is 0 Å². The largest absolute Gasteiger partial charge is 0.396 e. The van der Waals surface area contributed by atoms with Crippen LogP contribution < -0.4 is 11.5 Å². The van der Waals surface area contributed by atoms with Gasteiger partial charge in [0.15, 0.2) is 5.69 Å². The number of carbonyl (C=O) groups excluding carboxylic acids is 1. The van der Waals surface area contributed by atoms with Gasteiger partial charge in [-0.15, -0.1) is 0 Å². The predicted molar refractivity (Wildman–Crippen MR) is 50.4 cm³/mol. The number of carbonyl (C=O) groups is 1. The molecule has 0 unspecified atom stereocenters. The summed E-state index contributed by atoms with van der Waals surface area (Å²) in [6.45, 7) is 0.195. The molecule has 0 spiro atoms. The highest BCUT2D eigenvalue weighted by Gasteiger charge is 2.10. The quantitative estimate of drug-likeness (QED) is 0.671. The van der Waals surface area contributed by atoms with Crippen LogP contribution in [0.4, 0.5) is 10.1 Å². The molecule has 0 saturated heterocycles. The van der Waals surface area contributed by atoms with E-state index >= 15 is 0 Å². The summed E-state index contributed by atoms with van der Waals surface area (Å²) in [5.74, 6) is -0.647. The Kier molecular flexibility index (Phi) is 3.44. The van der Waals surface area contributed by atoms with Gasteiger partial charge >= 0.3 is 0 Å². The van der Waals surface area contributed by atoms with Crippen LogP contribution in [-0.4, -0.2) is 22.4 Å². The molecule has 0 aliphatic rings. The molecule has 4 N–H and O–H groups in total. The lowest BCUT2D eigenvalue weighted by Crippen LogP contribution is -2.14. The van der Waals surface area contributed by atoms with E-state index in [0.29, 0.717) is 19.4 Å². The zero-order valence-electron chi connectivity index (χ0n) is 7.74. The Balaban J connectivity index is 2.62. The van der Waals surface area contributed by atoms with Crippen molar-refractivity contribution in [2.24, 2.45) is 5.73 Å². The number of nitrogens with zero attached hydrogens (tertiary/aromatic N) is 2. The Morgan fingerprint density at radius 1 is 1.57 bits per heavy atom. The number of hydrogen-bond acceptors (Lipinski definition) is 3. The second-order valence-electron chi connectivity index (χ2n) is 2.96. The second-order valence-corrected chi connectivity index (χ2v) is 2.96. The van der Waals surface area contributed by atoms with Crippen LogP contribution in [-0.2, 0) is 6.54 Å². The van der Waals surface area contributed by atoms with Crippen molar-refractivity contribution >= 4 is 11.6 Å². The lowest BCUT2D eigenvalue weighted by atomic mass is 10.3. The number of aromatic nitrogens is 2. The fourth-order valence-electron chi connectivity index (χ4n) is 1.11. The van der Waals surface area contributed by atoms with E-state index in [9.17, 15) is 9.18 Å². The average Bonchev–Trinajstić information content (AvgIpc) is 2.47. The normalized spacial score (nSPS) is 10.4. The first-order chi connectivity index (χ1) is 6.65. The summed E-state index contributed by atoms with van der Waals surface area (Å²) in [7, 11) is 0. The third-order valence-corrected chi connectivity index (χ3v) is 1.79. The van der Waals surface area contributed by atoms with Crippen molar-refractivity contribution in [3.63, 3.8) is 0 Å². The van der Waals surface area contributed by atoms with Crippen LogP contribution >= 0.6 is 0 Å². The summed E-state index contributed by atoms with van der Waals surface area (Å²) in [6, 6.07) is 0. The molecule has 0 bridgehead atoms. The van der Waals surface area contributed by atoms with Gasteiger partial charge in [0.2, 0.25) is 0 Å². The van der Waals surface area contributed by atoms with E-state index in [1.807, 2.05) is 0 Å². The van der Waals surface area contributed by atoms with E-state index in [1.165, 1.54) is 10.9 Å². The summed E-state index contributed by atoms with van der Waals surface area (Å²) in [6.07, 6.45) is 2.67. The minimum absolute atomic E-state index is 0.0743. The molecule has 0 aromatic carbocycles. The van der Waals surface area contributed by atoms with E-state index in [1.54, 1.807) is 0 Å². The van der Waals surface area contributed by atoms with Crippen molar-refractivity contribution < 1.29 is 9.18 Å². The molecule has 1 aromatic rings. The molecule has 1 heterocycles. The number of primary amides is 1. The number of amides is 1. The third-order valence-electron chi connectivity index (χ3n) is 1.79. The van der Waals surface area contributed by atoms with Crippen LogP contribution in [0.2, 0.25) is 0 Å². The molecule has 0 aliphatic heterocycles. The fourth-order valence-corrected chi connectivity index (χ4v) is 1.11. The van der Waals surface area contributed by atoms with Gasteiger partial charge in [0.25, 0.3) is 5.91 Å². The topological polar surface area (TPSA) is 86.9 Å². The van der Waals surface area contributed by atoms with Crippen molar-refractivity contribution in [1.82, 2.24) is 9.78 Å². The second kappa shape index (κ2) is 4.59. The van der Waals surface area contributed by atoms with Crippen LogP contribution in [0.15, 0.2) is 6.20 Å². The molecule has 0 aliphatic carbocycles. The minimum Gasteiger partial charge on any atom is -0.396 e. The monoisotopic (exact) mass is 200 g/mol. The zero-order valence-corrected chi connectivity index (χ0v) is 7.74. The van der Waals surface area contributed by atoms with E-state index in [-0.39, 0.29) is 18.1 Å². The van der Waals surface area contributed by atoms with Gasteiger partial charge in [-0.2, -0.15) is 5.10 Å². The highest BCUT2D eigenvalue weighted by Crippen LogP contribution is 2.08. The molecule has 0 radical (unpaired) electrons. The molecule has 1 amide bonds. The van der Waals surface area contributed by atoms with Crippen LogP contribution in [0.25, 0.3) is 0 Å². The molecule has 5 nitrogen and oxygen atoms in total. The first kappa shape index (κ1) is 10.5. The number of nitrogen functional groups attached to an aromatic ring is 1. The Morgan fingerprint density at radius 3 is 2.79 bits per heavy atom. The predicted octanol–water partition coefficient (Wildman–Crippen LogP) is 0.314. The number of rotatable bonds is 5. The first-order valence-corrected chi connectivity index (χ1v) is 4.34. The molecule has 1 rings (SSSR count). The molecule has 78 valence electrons. The maximum Gasteiger partial charge on any atom is 0.271 e. The van der Waals surface area contributed by atoms with Gasteiger partial charge in [-0.3, -0.25) is 13.9 Å². The highest BCUT2D eigenvalue weighted by atomic mass is 19.1. The summed E-state index contributed by atoms with van der Waals surface area (Å²) < 4.78 is 13.3. The van der Waals surface area contributed by atoms with Gasteiger partial charge in [0.05, 0.1) is 12.4 Å². The van der Waals surface area contributed by atoms with Crippen molar-refractivity contribution in [1.29, 1.82) is 0 Å². The number of hydrogen-bond donors (Lipinski definition) is 2. The van der Waals surface area contributed by atoms with Crippen molar-refractivity contribution in [2.75, 3.05) is 12.4 Å². The van der Waals surface area contributed by atoms with Gasteiger partial charge in [0.1, 0.15) is 0 Å². The van der Waals surface area contributed by atoms with E-state index in [0.717, 1.165) is 0 Å². The molecule has 0 saturated carbocycles. The van der Waals surface area contributed by atoms with Crippen molar-refractivity contribution in [3.8, 4) is 0 Å². The lowest BCUT2D eigenvalue weighted by Gasteiger charge is -1.97. The summed E-state index contributed by atoms with van der Waals surface area (Å²) in [4.78, 5) is 10.8. The van der Waals surface area contributed by atoms with Crippen LogP contribution in [0, 0.1) is 0 Å². The molecule has 0 atom stereocenters. The van der Waals surface area contributed by atoms with Crippen molar-refractivity contribution in [3.05, 3.63) is 11.9 Å². The summed E-state index contributed by atoms with van der Waals surface area (Å²) in [5.41, 5.74) is 10.9. The minimum atomic E-state index is -0.647. The molecule has 6 heteroatoms. The van der Waals surface area contributed by atoms with Gasteiger partial charge in [-0.05, 0) is 12.8 Å². The summed E-state index contributed by atoms with van der Waals surface area (Å²) >= 11 is 0. The number of aryl methyl sites for hydroxylation is 1. The molecular formula is C8H13FN4O. The van der Waals surface area contributed by atoms with Gasteiger partial charge < -0.3 is 11.5 Å². The molecule has 0 fully saturated rings. The standard InChI is InChI=1S/C8H13FN4O/c9-3-1-2-4-13-5-6(10)7(12-13)8(11)14/h5H,1-4,10H2,(H2,11,14). The maximum absolute atomic E-state index is 11.8. The molecule has 1 aromatic heterocycles. The fraction of sp³-hybridized carbons (Fsp3) is 0.500. The van der Waals surface area contributed by atoms with Gasteiger partial charge in [-0.25, -0.2) is 0 Å². The number of halogens is 1. The number of anilines is 1. The number of alkyl halides is 1. The Morgan fingerprint density at radius 2 is 2.29 bits per heavy atom. The SMILES string of the molecule is NC(=O)c1nn(CCCCF)cc1N. The lowest BCUT2D eigenvalue weighted by molar-refractivity contribution is 0.0995. The Bertz CT molecular complexity index is 323. The van der Waals surface area contributed by atoms with Crippen LogP contribution in [0.1, 0.15) is 23.3 Å². The average molecular weight is 200 g/mol. The highest BCUT2D eigenvalue weighted by molar-refractivity contribution is 5.95. The Labute approximate surface area is 80.9 Å². The van der Waals surface area contributed by atoms with E-state index < -0.39 is 5.91 Å². The van der Waals surface area contributed by atoms with Crippen LogP contribution in [0.5, 0.6) is 0 Å². The zero-order chi connectivity index (χ0) is 10.6. The van der Waals surface area contributed by atoms with E-state index in [4.69, 9.17) is 11.5 Å². The smallest absolute Gasteiger partial charge is 0.271 e. The van der Waals surface area contributed by atoms with E-state index in [2.05, 4.69) is 5.10 Å².